The molecule has 106 valence electrons. The highest BCUT2D eigenvalue weighted by Crippen LogP contribution is 2.31. The number of aromatic nitrogens is 1. The lowest BCUT2D eigenvalue weighted by Gasteiger charge is -2.22. The van der Waals surface area contributed by atoms with Crippen molar-refractivity contribution in [1.82, 2.24) is 10.3 Å². The zero-order valence-electron chi connectivity index (χ0n) is 12.0. The number of halogens is 1. The number of pyridine rings is 1. The zero-order chi connectivity index (χ0) is 14.5. The van der Waals surface area contributed by atoms with E-state index in [0.717, 1.165) is 23.2 Å². The molecule has 1 N–H and O–H groups in total. The highest BCUT2D eigenvalue weighted by Gasteiger charge is 2.19. The van der Waals surface area contributed by atoms with Crippen LogP contribution in [0.25, 0.3) is 0 Å². The van der Waals surface area contributed by atoms with Crippen molar-refractivity contribution in [3.05, 3.63) is 59.2 Å². The van der Waals surface area contributed by atoms with Crippen LogP contribution in [0.1, 0.15) is 29.7 Å². The summed E-state index contributed by atoms with van der Waals surface area (Å²) < 4.78 is 19.0. The summed E-state index contributed by atoms with van der Waals surface area (Å²) in [6.07, 6.45) is 3.56. The van der Waals surface area contributed by atoms with Gasteiger partial charge in [-0.1, -0.05) is 6.92 Å². The van der Waals surface area contributed by atoms with E-state index in [2.05, 4.69) is 10.3 Å². The topological polar surface area (TPSA) is 34.2 Å². The fourth-order valence-electron chi connectivity index (χ4n) is 2.33. The Hall–Kier alpha value is -1.94. The van der Waals surface area contributed by atoms with Crippen molar-refractivity contribution in [3.63, 3.8) is 0 Å². The SMILES string of the molecule is CCNC(c1ccncc1C)c1cc(F)ccc1OC. The van der Waals surface area contributed by atoms with E-state index in [1.165, 1.54) is 12.1 Å². The smallest absolute Gasteiger partial charge is 0.124 e. The number of methoxy groups -OCH3 is 1. The summed E-state index contributed by atoms with van der Waals surface area (Å²) in [7, 11) is 1.60. The molecule has 0 aliphatic rings. The van der Waals surface area contributed by atoms with E-state index in [1.54, 1.807) is 19.4 Å². The number of hydrogen-bond donors (Lipinski definition) is 1. The molecule has 0 spiro atoms. The van der Waals surface area contributed by atoms with E-state index >= 15 is 0 Å². The van der Waals surface area contributed by atoms with Crippen molar-refractivity contribution < 1.29 is 9.13 Å². The molecule has 1 unspecified atom stereocenters. The third-order valence-electron chi connectivity index (χ3n) is 3.29. The summed E-state index contributed by atoms with van der Waals surface area (Å²) in [6.45, 7) is 4.79. The van der Waals surface area contributed by atoms with Crippen molar-refractivity contribution >= 4 is 0 Å². The van der Waals surface area contributed by atoms with Crippen LogP contribution in [0.2, 0.25) is 0 Å². The lowest BCUT2D eigenvalue weighted by Crippen LogP contribution is -2.23. The Balaban J connectivity index is 2.54. The van der Waals surface area contributed by atoms with E-state index < -0.39 is 0 Å². The predicted molar refractivity (Wildman–Crippen MR) is 77.4 cm³/mol. The van der Waals surface area contributed by atoms with Gasteiger partial charge in [0.15, 0.2) is 0 Å². The van der Waals surface area contributed by atoms with Crippen molar-refractivity contribution in [2.75, 3.05) is 13.7 Å². The van der Waals surface area contributed by atoms with Crippen LogP contribution in [-0.2, 0) is 0 Å². The molecule has 0 amide bonds. The second kappa shape index (κ2) is 6.48. The molecular formula is C16H19FN2O. The van der Waals surface area contributed by atoms with E-state index in [0.29, 0.717) is 5.75 Å². The van der Waals surface area contributed by atoms with Gasteiger partial charge >= 0.3 is 0 Å². The molecule has 20 heavy (non-hydrogen) atoms. The van der Waals surface area contributed by atoms with Gasteiger partial charge in [-0.05, 0) is 48.9 Å². The minimum Gasteiger partial charge on any atom is -0.496 e. The Kier molecular flexibility index (Phi) is 4.69. The molecule has 4 heteroatoms. The van der Waals surface area contributed by atoms with Crippen LogP contribution in [-0.4, -0.2) is 18.6 Å². The van der Waals surface area contributed by atoms with E-state index in [1.807, 2.05) is 26.1 Å². The fraction of sp³-hybridized carbons (Fsp3) is 0.312. The third-order valence-corrected chi connectivity index (χ3v) is 3.29. The first-order valence-electron chi connectivity index (χ1n) is 6.64. The number of aryl methyl sites for hydroxylation is 1. The van der Waals surface area contributed by atoms with Gasteiger partial charge in [-0.15, -0.1) is 0 Å². The molecule has 0 radical (unpaired) electrons. The second-order valence-corrected chi connectivity index (χ2v) is 4.61. The standard InChI is InChI=1S/C16H19FN2O/c1-4-19-16(13-7-8-18-10-11(13)2)14-9-12(17)5-6-15(14)20-3/h5-10,16,19H,4H2,1-3H3. The van der Waals surface area contributed by atoms with Gasteiger partial charge in [-0.3, -0.25) is 4.98 Å². The molecule has 1 aromatic carbocycles. The maximum Gasteiger partial charge on any atom is 0.124 e. The minimum atomic E-state index is -0.268. The van der Waals surface area contributed by atoms with Gasteiger partial charge in [0.2, 0.25) is 0 Å². The number of ether oxygens (including phenoxy) is 1. The average Bonchev–Trinajstić information content (AvgIpc) is 2.46. The summed E-state index contributed by atoms with van der Waals surface area (Å²) >= 11 is 0. The van der Waals surface area contributed by atoms with E-state index in [4.69, 9.17) is 4.74 Å². The number of hydrogen-bond acceptors (Lipinski definition) is 3. The Morgan fingerprint density at radius 3 is 2.75 bits per heavy atom. The number of benzene rings is 1. The summed E-state index contributed by atoms with van der Waals surface area (Å²) in [5.41, 5.74) is 2.93. The first-order valence-corrected chi connectivity index (χ1v) is 6.64. The average molecular weight is 274 g/mol. The molecule has 0 saturated carbocycles. The quantitative estimate of drug-likeness (QED) is 0.909. The third kappa shape index (κ3) is 2.96. The summed E-state index contributed by atoms with van der Waals surface area (Å²) in [5, 5.41) is 3.38. The summed E-state index contributed by atoms with van der Waals surface area (Å²) in [6, 6.07) is 6.42. The lowest BCUT2D eigenvalue weighted by molar-refractivity contribution is 0.402. The molecule has 2 aromatic rings. The normalized spacial score (nSPS) is 12.2. The lowest BCUT2D eigenvalue weighted by atomic mass is 9.95. The largest absolute Gasteiger partial charge is 0.496 e. The molecule has 0 saturated heterocycles. The van der Waals surface area contributed by atoms with Gasteiger partial charge in [0.1, 0.15) is 11.6 Å². The molecule has 1 heterocycles. The Morgan fingerprint density at radius 1 is 1.30 bits per heavy atom. The molecule has 2 rings (SSSR count). The molecule has 0 aliphatic carbocycles. The summed E-state index contributed by atoms with van der Waals surface area (Å²) in [4.78, 5) is 4.11. The number of nitrogens with one attached hydrogen (secondary N) is 1. The van der Waals surface area contributed by atoms with Crippen LogP contribution in [0.4, 0.5) is 4.39 Å². The first kappa shape index (κ1) is 14.5. The molecule has 1 aromatic heterocycles. The maximum absolute atomic E-state index is 13.6. The van der Waals surface area contributed by atoms with Crippen LogP contribution in [0.5, 0.6) is 5.75 Å². The van der Waals surface area contributed by atoms with Gasteiger partial charge in [0, 0.05) is 18.0 Å². The van der Waals surface area contributed by atoms with Gasteiger partial charge in [-0.25, -0.2) is 4.39 Å². The molecule has 3 nitrogen and oxygen atoms in total. The van der Waals surface area contributed by atoms with Crippen LogP contribution in [0.3, 0.4) is 0 Å². The van der Waals surface area contributed by atoms with Gasteiger partial charge in [0.25, 0.3) is 0 Å². The Labute approximate surface area is 118 Å². The van der Waals surface area contributed by atoms with Crippen molar-refractivity contribution in [1.29, 1.82) is 0 Å². The van der Waals surface area contributed by atoms with Crippen LogP contribution in [0, 0.1) is 12.7 Å². The van der Waals surface area contributed by atoms with Gasteiger partial charge < -0.3 is 10.1 Å². The first-order chi connectivity index (χ1) is 9.67. The predicted octanol–water partition coefficient (Wildman–Crippen LogP) is 3.24. The molecule has 0 aliphatic heterocycles. The van der Waals surface area contributed by atoms with Crippen molar-refractivity contribution in [2.24, 2.45) is 0 Å². The van der Waals surface area contributed by atoms with Crippen molar-refractivity contribution in [2.45, 2.75) is 19.9 Å². The van der Waals surface area contributed by atoms with Crippen molar-refractivity contribution in [3.8, 4) is 5.75 Å². The number of rotatable bonds is 5. The molecular weight excluding hydrogens is 255 g/mol. The highest BCUT2D eigenvalue weighted by atomic mass is 19.1. The summed E-state index contributed by atoms with van der Waals surface area (Å²) in [5.74, 6) is 0.406. The van der Waals surface area contributed by atoms with Crippen LogP contribution in [0.15, 0.2) is 36.7 Å². The Bertz CT molecular complexity index is 586. The minimum absolute atomic E-state index is 0.117. The van der Waals surface area contributed by atoms with E-state index in [9.17, 15) is 4.39 Å². The monoisotopic (exact) mass is 274 g/mol. The van der Waals surface area contributed by atoms with Crippen LogP contribution >= 0.6 is 0 Å². The zero-order valence-corrected chi connectivity index (χ0v) is 12.0. The van der Waals surface area contributed by atoms with Gasteiger partial charge in [0.05, 0.1) is 13.2 Å². The maximum atomic E-state index is 13.6. The fourth-order valence-corrected chi connectivity index (χ4v) is 2.33. The second-order valence-electron chi connectivity index (χ2n) is 4.61. The highest BCUT2D eigenvalue weighted by molar-refractivity contribution is 5.43. The molecule has 0 fully saturated rings. The Morgan fingerprint density at radius 2 is 2.10 bits per heavy atom. The van der Waals surface area contributed by atoms with E-state index in [-0.39, 0.29) is 11.9 Å². The number of nitrogens with zero attached hydrogens (tertiary/aromatic N) is 1. The van der Waals surface area contributed by atoms with Gasteiger partial charge in [-0.2, -0.15) is 0 Å². The molecule has 1 atom stereocenters. The molecule has 0 bridgehead atoms. The van der Waals surface area contributed by atoms with Crippen LogP contribution < -0.4 is 10.1 Å².